The van der Waals surface area contributed by atoms with Gasteiger partial charge in [-0.25, -0.2) is 0 Å². The highest BCUT2D eigenvalue weighted by Gasteiger charge is 2.59. The number of hydrogen-bond acceptors (Lipinski definition) is 4. The maximum Gasteiger partial charge on any atom is 0.191 e. The van der Waals surface area contributed by atoms with Crippen LogP contribution in [0.15, 0.2) is 4.99 Å². The molecule has 0 aromatic rings. The Hall–Kier alpha value is -0.850. The predicted octanol–water partition coefficient (Wildman–Crippen LogP) is 2.47. The summed E-state index contributed by atoms with van der Waals surface area (Å²) in [7, 11) is 0. The first-order valence-electron chi connectivity index (χ1n) is 10.6. The molecule has 150 valence electrons. The van der Waals surface area contributed by atoms with Crippen LogP contribution < -0.4 is 10.6 Å². The van der Waals surface area contributed by atoms with Crippen LogP contribution in [0.3, 0.4) is 0 Å². The van der Waals surface area contributed by atoms with Crippen LogP contribution >= 0.6 is 0 Å². The van der Waals surface area contributed by atoms with Gasteiger partial charge in [-0.3, -0.25) is 4.99 Å². The minimum Gasteiger partial charge on any atom is -0.379 e. The zero-order valence-corrected chi connectivity index (χ0v) is 16.6. The summed E-state index contributed by atoms with van der Waals surface area (Å²) < 4.78 is 17.2. The minimum atomic E-state index is 0.313. The van der Waals surface area contributed by atoms with Gasteiger partial charge in [0.2, 0.25) is 0 Å². The molecule has 3 atom stereocenters. The van der Waals surface area contributed by atoms with Crippen LogP contribution in [0.2, 0.25) is 0 Å². The molecular weight excluding hydrogens is 330 g/mol. The van der Waals surface area contributed by atoms with E-state index in [0.717, 1.165) is 64.7 Å². The molecule has 6 heteroatoms. The van der Waals surface area contributed by atoms with E-state index in [4.69, 9.17) is 19.2 Å². The Kier molecular flexibility index (Phi) is 7.58. The Morgan fingerprint density at radius 3 is 2.81 bits per heavy atom. The average molecular weight is 368 g/mol. The van der Waals surface area contributed by atoms with Crippen LogP contribution in [0.1, 0.15) is 58.8 Å². The summed E-state index contributed by atoms with van der Waals surface area (Å²) in [5.41, 5.74) is 0.358. The molecule has 1 heterocycles. The molecule has 0 radical (unpaired) electrons. The second kappa shape index (κ2) is 9.90. The van der Waals surface area contributed by atoms with E-state index >= 15 is 0 Å². The highest BCUT2D eigenvalue weighted by atomic mass is 16.5. The van der Waals surface area contributed by atoms with Crippen LogP contribution in [0.25, 0.3) is 0 Å². The van der Waals surface area contributed by atoms with E-state index in [1.807, 2.05) is 0 Å². The first-order chi connectivity index (χ1) is 12.8. The number of guanidine groups is 1. The van der Waals surface area contributed by atoms with Gasteiger partial charge < -0.3 is 24.8 Å². The first kappa shape index (κ1) is 19.9. The van der Waals surface area contributed by atoms with Crippen molar-refractivity contribution < 1.29 is 14.2 Å². The summed E-state index contributed by atoms with van der Waals surface area (Å²) in [5, 5.41) is 7.06. The van der Waals surface area contributed by atoms with E-state index in [1.54, 1.807) is 0 Å². The normalized spacial score (nSPS) is 30.1. The summed E-state index contributed by atoms with van der Waals surface area (Å²) in [6.45, 7) is 9.08. The van der Waals surface area contributed by atoms with E-state index in [9.17, 15) is 0 Å². The van der Waals surface area contributed by atoms with E-state index in [2.05, 4.69) is 24.5 Å². The molecular formula is C20H37N3O3. The lowest BCUT2D eigenvalue weighted by atomic mass is 9.51. The summed E-state index contributed by atoms with van der Waals surface area (Å²) in [6.07, 6.45) is 9.00. The lowest BCUT2D eigenvalue weighted by Gasteiger charge is -2.61. The van der Waals surface area contributed by atoms with Gasteiger partial charge in [0, 0.05) is 44.4 Å². The smallest absolute Gasteiger partial charge is 0.191 e. The number of rotatable bonds is 10. The van der Waals surface area contributed by atoms with Crippen molar-refractivity contribution in [3.63, 3.8) is 0 Å². The van der Waals surface area contributed by atoms with Crippen LogP contribution in [0, 0.1) is 5.41 Å². The van der Waals surface area contributed by atoms with Gasteiger partial charge in [-0.2, -0.15) is 0 Å². The quantitative estimate of drug-likeness (QED) is 0.353. The maximum atomic E-state index is 5.95. The highest BCUT2D eigenvalue weighted by Crippen LogP contribution is 2.57. The number of ether oxygens (including phenoxy) is 3. The van der Waals surface area contributed by atoms with Crippen molar-refractivity contribution in [2.75, 3.05) is 39.5 Å². The monoisotopic (exact) mass is 367 g/mol. The number of nitrogens with one attached hydrogen (secondary N) is 2. The van der Waals surface area contributed by atoms with Crippen LogP contribution in [-0.2, 0) is 14.2 Å². The topological polar surface area (TPSA) is 64.1 Å². The van der Waals surface area contributed by atoms with Gasteiger partial charge in [0.05, 0.1) is 18.8 Å². The molecule has 0 aromatic carbocycles. The molecule has 1 saturated heterocycles. The minimum absolute atomic E-state index is 0.313. The Labute approximate surface area is 158 Å². The van der Waals surface area contributed by atoms with Crippen molar-refractivity contribution in [1.82, 2.24) is 10.6 Å². The molecule has 0 bridgehead atoms. The zero-order chi connectivity index (χ0) is 18.2. The van der Waals surface area contributed by atoms with Gasteiger partial charge in [0.25, 0.3) is 0 Å². The SMILES string of the molecule is CCNC(=NCCCOCC1CCCO1)NC1CC(OCC)C12CCC2. The number of nitrogens with zero attached hydrogens (tertiary/aromatic N) is 1. The van der Waals surface area contributed by atoms with Crippen molar-refractivity contribution in [2.24, 2.45) is 10.4 Å². The molecule has 0 amide bonds. The lowest BCUT2D eigenvalue weighted by Crippen LogP contribution is -2.68. The van der Waals surface area contributed by atoms with Gasteiger partial charge in [0.15, 0.2) is 5.96 Å². The van der Waals surface area contributed by atoms with Crippen molar-refractivity contribution in [3.8, 4) is 0 Å². The fraction of sp³-hybridized carbons (Fsp3) is 0.950. The van der Waals surface area contributed by atoms with Gasteiger partial charge in [0.1, 0.15) is 0 Å². The Morgan fingerprint density at radius 2 is 2.15 bits per heavy atom. The van der Waals surface area contributed by atoms with E-state index < -0.39 is 0 Å². The van der Waals surface area contributed by atoms with E-state index in [1.165, 1.54) is 25.7 Å². The molecule has 6 nitrogen and oxygen atoms in total. The Bertz CT molecular complexity index is 448. The maximum absolute atomic E-state index is 5.95. The van der Waals surface area contributed by atoms with E-state index in [0.29, 0.717) is 23.7 Å². The molecule has 3 unspecified atom stereocenters. The van der Waals surface area contributed by atoms with Crippen molar-refractivity contribution in [3.05, 3.63) is 0 Å². The Balaban J connectivity index is 1.37. The second-order valence-corrected chi connectivity index (χ2v) is 7.79. The van der Waals surface area contributed by atoms with Gasteiger partial charge in [-0.1, -0.05) is 6.42 Å². The fourth-order valence-corrected chi connectivity index (χ4v) is 4.47. The van der Waals surface area contributed by atoms with Gasteiger partial charge in [-0.05, 0) is 52.4 Å². The standard InChI is InChI=1S/C20H37N3O3/c1-3-21-19(22-11-7-12-24-15-16-8-5-13-26-16)23-17-14-18(25-4-2)20(17)9-6-10-20/h16-18H,3-15H2,1-2H3,(H2,21,22,23). The summed E-state index contributed by atoms with van der Waals surface area (Å²) in [4.78, 5) is 4.74. The number of aliphatic imine (C=N–C) groups is 1. The van der Waals surface area contributed by atoms with Crippen LogP contribution in [-0.4, -0.2) is 63.7 Å². The molecule has 26 heavy (non-hydrogen) atoms. The largest absolute Gasteiger partial charge is 0.379 e. The molecule has 3 aliphatic rings. The molecule has 3 fully saturated rings. The second-order valence-electron chi connectivity index (χ2n) is 7.79. The molecule has 2 N–H and O–H groups in total. The number of hydrogen-bond donors (Lipinski definition) is 2. The fourth-order valence-electron chi connectivity index (χ4n) is 4.47. The van der Waals surface area contributed by atoms with Crippen molar-refractivity contribution in [1.29, 1.82) is 0 Å². The van der Waals surface area contributed by atoms with Gasteiger partial charge in [-0.15, -0.1) is 0 Å². The third-order valence-corrected chi connectivity index (χ3v) is 6.14. The third kappa shape index (κ3) is 4.70. The molecule has 0 aromatic heterocycles. The van der Waals surface area contributed by atoms with Crippen molar-refractivity contribution in [2.45, 2.75) is 77.0 Å². The summed E-state index contributed by atoms with van der Waals surface area (Å²) >= 11 is 0. The molecule has 2 aliphatic carbocycles. The van der Waals surface area contributed by atoms with Crippen molar-refractivity contribution >= 4 is 5.96 Å². The zero-order valence-electron chi connectivity index (χ0n) is 16.6. The van der Waals surface area contributed by atoms with Crippen LogP contribution in [0.4, 0.5) is 0 Å². The highest BCUT2D eigenvalue weighted by molar-refractivity contribution is 5.80. The summed E-state index contributed by atoms with van der Waals surface area (Å²) in [6, 6.07) is 0.501. The molecule has 1 aliphatic heterocycles. The van der Waals surface area contributed by atoms with E-state index in [-0.39, 0.29) is 0 Å². The first-order valence-corrected chi connectivity index (χ1v) is 10.6. The molecule has 1 spiro atoms. The average Bonchev–Trinajstić information content (AvgIpc) is 3.08. The summed E-state index contributed by atoms with van der Waals surface area (Å²) in [5.74, 6) is 0.942. The van der Waals surface area contributed by atoms with Crippen LogP contribution in [0.5, 0.6) is 0 Å². The lowest BCUT2D eigenvalue weighted by molar-refractivity contribution is -0.168. The van der Waals surface area contributed by atoms with Gasteiger partial charge >= 0.3 is 0 Å². The third-order valence-electron chi connectivity index (χ3n) is 6.14. The Morgan fingerprint density at radius 1 is 1.27 bits per heavy atom. The molecule has 3 rings (SSSR count). The molecule has 2 saturated carbocycles. The predicted molar refractivity (Wildman–Crippen MR) is 104 cm³/mol.